The van der Waals surface area contributed by atoms with Gasteiger partial charge in [0.2, 0.25) is 5.91 Å². The van der Waals surface area contributed by atoms with Crippen molar-refractivity contribution in [3.8, 4) is 0 Å². The van der Waals surface area contributed by atoms with Gasteiger partial charge >= 0.3 is 12.2 Å². The van der Waals surface area contributed by atoms with Gasteiger partial charge in [-0.05, 0) is 60.7 Å². The lowest BCUT2D eigenvalue weighted by atomic mass is 9.92. The number of amides is 4. The summed E-state index contributed by atoms with van der Waals surface area (Å²) in [5.74, 6) is -2.30. The summed E-state index contributed by atoms with van der Waals surface area (Å²) in [6.45, 7) is -0.495. The first-order valence-electron chi connectivity index (χ1n) is 10.5. The van der Waals surface area contributed by atoms with Crippen molar-refractivity contribution in [1.29, 1.82) is 0 Å². The van der Waals surface area contributed by atoms with E-state index in [1.54, 1.807) is 12.1 Å². The number of nitrogens with one attached hydrogen (secondary N) is 1. The smallest absolute Gasteiger partial charge is 0.325 e. The van der Waals surface area contributed by atoms with Gasteiger partial charge in [-0.2, -0.15) is 13.2 Å². The molecule has 6 nitrogen and oxygen atoms in total. The first-order valence-corrected chi connectivity index (χ1v) is 11.3. The zero-order valence-electron chi connectivity index (χ0n) is 18.0. The summed E-state index contributed by atoms with van der Waals surface area (Å²) in [7, 11) is 0. The number of hydrogen-bond acceptors (Lipinski definition) is 3. The average molecular weight is 542 g/mol. The average Bonchev–Trinajstić information content (AvgIpc) is 3.24. The van der Waals surface area contributed by atoms with E-state index in [-0.39, 0.29) is 12.0 Å². The van der Waals surface area contributed by atoms with Crippen LogP contribution in [0.3, 0.4) is 0 Å². The molecule has 1 aliphatic heterocycles. The van der Waals surface area contributed by atoms with Crippen LogP contribution in [0.15, 0.2) is 46.9 Å². The highest BCUT2D eigenvalue weighted by Crippen LogP contribution is 2.42. The molecule has 2 aromatic carbocycles. The second-order valence-electron chi connectivity index (χ2n) is 8.39. The summed E-state index contributed by atoms with van der Waals surface area (Å²) >= 11 is 3.36. The number of fused-ring (bicyclic) bond motifs is 2. The van der Waals surface area contributed by atoms with E-state index in [1.807, 2.05) is 6.07 Å². The molecule has 1 heterocycles. The minimum atomic E-state index is -4.74. The first kappa shape index (κ1) is 24.2. The maximum atomic E-state index is 13.5. The standard InChI is InChI=1S/C23H20BrF4N3O3/c1-13(23(26,27)28)30(11-14-2-5-17(25)6-3-14)19(32)12-31-20(33)22(29-21(31)34)9-8-15-10-16(24)4-7-18(15)22/h2-7,10,13H,8-9,11-12H2,1H3,(H,29,34)/t13-,22-/m0/s1. The molecule has 1 fully saturated rings. The van der Waals surface area contributed by atoms with Crippen LogP contribution in [0.25, 0.3) is 0 Å². The SMILES string of the molecule is C[C@H](N(Cc1ccc(F)cc1)C(=O)CN1C(=O)N[C@]2(CCc3cc(Br)ccc32)C1=O)C(F)(F)F. The Morgan fingerprint density at radius 1 is 1.21 bits per heavy atom. The number of imide groups is 1. The molecule has 1 saturated heterocycles. The molecular formula is C23H20BrF4N3O3. The Bertz CT molecular complexity index is 1160. The fourth-order valence-corrected chi connectivity index (χ4v) is 4.80. The van der Waals surface area contributed by atoms with Gasteiger partial charge in [-0.25, -0.2) is 9.18 Å². The molecule has 0 bridgehead atoms. The largest absolute Gasteiger partial charge is 0.408 e. The van der Waals surface area contributed by atoms with E-state index in [1.165, 1.54) is 12.1 Å². The number of urea groups is 1. The predicted octanol–water partition coefficient (Wildman–Crippen LogP) is 4.26. The zero-order chi connectivity index (χ0) is 24.8. The number of alkyl halides is 3. The van der Waals surface area contributed by atoms with E-state index in [2.05, 4.69) is 21.2 Å². The van der Waals surface area contributed by atoms with E-state index in [0.717, 1.165) is 29.1 Å². The fraction of sp³-hybridized carbons (Fsp3) is 0.348. The molecule has 4 amide bonds. The molecule has 0 unspecified atom stereocenters. The van der Waals surface area contributed by atoms with Gasteiger partial charge in [0.15, 0.2) is 0 Å². The predicted molar refractivity (Wildman–Crippen MR) is 117 cm³/mol. The van der Waals surface area contributed by atoms with Crippen LogP contribution >= 0.6 is 15.9 Å². The van der Waals surface area contributed by atoms with E-state index < -0.39 is 54.5 Å². The third-order valence-electron chi connectivity index (χ3n) is 6.29. The number of hydrogen-bond donors (Lipinski definition) is 1. The van der Waals surface area contributed by atoms with Crippen LogP contribution < -0.4 is 5.32 Å². The van der Waals surface area contributed by atoms with Crippen LogP contribution in [-0.4, -0.2) is 46.4 Å². The van der Waals surface area contributed by atoms with Gasteiger partial charge in [-0.15, -0.1) is 0 Å². The molecule has 180 valence electrons. The van der Waals surface area contributed by atoms with Gasteiger partial charge in [0.25, 0.3) is 5.91 Å². The highest BCUT2D eigenvalue weighted by Gasteiger charge is 2.56. The van der Waals surface area contributed by atoms with Gasteiger partial charge in [-0.1, -0.05) is 34.1 Å². The second kappa shape index (κ2) is 8.68. The summed E-state index contributed by atoms with van der Waals surface area (Å²) in [6.07, 6.45) is -3.94. The molecule has 4 rings (SSSR count). The molecule has 0 aromatic heterocycles. The Hall–Kier alpha value is -2.95. The highest BCUT2D eigenvalue weighted by atomic mass is 79.9. The zero-order valence-corrected chi connectivity index (χ0v) is 19.5. The van der Waals surface area contributed by atoms with Crippen molar-refractivity contribution in [2.75, 3.05) is 6.54 Å². The Morgan fingerprint density at radius 2 is 1.88 bits per heavy atom. The van der Waals surface area contributed by atoms with E-state index >= 15 is 0 Å². The van der Waals surface area contributed by atoms with Gasteiger partial charge < -0.3 is 10.2 Å². The molecule has 0 saturated carbocycles. The van der Waals surface area contributed by atoms with Crippen LogP contribution in [0.4, 0.5) is 22.4 Å². The molecule has 2 atom stereocenters. The van der Waals surface area contributed by atoms with Crippen LogP contribution in [0.2, 0.25) is 0 Å². The summed E-state index contributed by atoms with van der Waals surface area (Å²) in [4.78, 5) is 40.2. The maximum absolute atomic E-state index is 13.5. The van der Waals surface area contributed by atoms with Crippen LogP contribution in [0, 0.1) is 5.82 Å². The van der Waals surface area contributed by atoms with Crippen LogP contribution in [0.1, 0.15) is 30.0 Å². The topological polar surface area (TPSA) is 69.7 Å². The van der Waals surface area contributed by atoms with Crippen molar-refractivity contribution in [1.82, 2.24) is 15.1 Å². The molecule has 1 spiro atoms. The van der Waals surface area contributed by atoms with Crippen molar-refractivity contribution < 1.29 is 31.9 Å². The summed E-state index contributed by atoms with van der Waals surface area (Å²) in [5, 5.41) is 2.65. The van der Waals surface area contributed by atoms with E-state index in [9.17, 15) is 31.9 Å². The molecule has 1 N–H and O–H groups in total. The van der Waals surface area contributed by atoms with Crippen LogP contribution in [0.5, 0.6) is 0 Å². The molecule has 0 radical (unpaired) electrons. The monoisotopic (exact) mass is 541 g/mol. The van der Waals surface area contributed by atoms with Gasteiger partial charge in [-0.3, -0.25) is 14.5 Å². The normalized spacial score (nSPS) is 20.5. The Morgan fingerprint density at radius 3 is 2.53 bits per heavy atom. The summed E-state index contributed by atoms with van der Waals surface area (Å²) in [6, 6.07) is 6.95. The van der Waals surface area contributed by atoms with Gasteiger partial charge in [0.05, 0.1) is 0 Å². The summed E-state index contributed by atoms with van der Waals surface area (Å²) in [5.41, 5.74) is 0.399. The van der Waals surface area contributed by atoms with Crippen molar-refractivity contribution in [3.63, 3.8) is 0 Å². The minimum Gasteiger partial charge on any atom is -0.325 e. The number of carbonyl (C=O) groups excluding carboxylic acids is 3. The molecular weight excluding hydrogens is 522 g/mol. The molecule has 1 aliphatic carbocycles. The quantitative estimate of drug-likeness (QED) is 0.454. The molecule has 2 aliphatic rings. The third kappa shape index (κ3) is 4.28. The minimum absolute atomic E-state index is 0.273. The lowest BCUT2D eigenvalue weighted by Crippen LogP contribution is -2.51. The first-order chi connectivity index (χ1) is 15.9. The number of carbonyl (C=O) groups is 3. The van der Waals surface area contributed by atoms with E-state index in [4.69, 9.17) is 0 Å². The van der Waals surface area contributed by atoms with Crippen molar-refractivity contribution in [3.05, 3.63) is 69.4 Å². The Labute approximate surface area is 201 Å². The fourth-order valence-electron chi connectivity index (χ4n) is 4.39. The van der Waals surface area contributed by atoms with Crippen molar-refractivity contribution in [2.24, 2.45) is 0 Å². The highest BCUT2D eigenvalue weighted by molar-refractivity contribution is 9.10. The molecule has 11 heteroatoms. The Balaban J connectivity index is 1.58. The number of halogens is 5. The molecule has 34 heavy (non-hydrogen) atoms. The molecule has 2 aromatic rings. The number of rotatable bonds is 5. The van der Waals surface area contributed by atoms with Gasteiger partial charge in [0.1, 0.15) is 23.9 Å². The summed E-state index contributed by atoms with van der Waals surface area (Å²) < 4.78 is 54.6. The Kier molecular flexibility index (Phi) is 6.17. The number of benzene rings is 2. The second-order valence-corrected chi connectivity index (χ2v) is 9.31. The lowest BCUT2D eigenvalue weighted by Gasteiger charge is -2.32. The van der Waals surface area contributed by atoms with Gasteiger partial charge in [0, 0.05) is 11.0 Å². The number of nitrogens with zero attached hydrogens (tertiary/aromatic N) is 2. The maximum Gasteiger partial charge on any atom is 0.408 e. The third-order valence-corrected chi connectivity index (χ3v) is 6.79. The lowest BCUT2D eigenvalue weighted by molar-refractivity contribution is -0.187. The van der Waals surface area contributed by atoms with Crippen molar-refractivity contribution in [2.45, 2.75) is 44.1 Å². The van der Waals surface area contributed by atoms with Crippen molar-refractivity contribution >= 4 is 33.8 Å². The number of aryl methyl sites for hydroxylation is 1. The van der Waals surface area contributed by atoms with E-state index in [0.29, 0.717) is 21.8 Å². The van der Waals surface area contributed by atoms with Crippen LogP contribution in [-0.2, 0) is 28.1 Å².